The van der Waals surface area contributed by atoms with Crippen LogP contribution in [0.1, 0.15) is 23.1 Å². The van der Waals surface area contributed by atoms with Crippen LogP contribution < -0.4 is 15.0 Å². The normalized spacial score (nSPS) is 12.8. The summed E-state index contributed by atoms with van der Waals surface area (Å²) in [7, 11) is 1.59. The molecule has 158 valence electrons. The summed E-state index contributed by atoms with van der Waals surface area (Å²) >= 11 is 0. The largest absolute Gasteiger partial charge is 0.482 e. The number of hydrogen-bond donors (Lipinski definition) is 1. The summed E-state index contributed by atoms with van der Waals surface area (Å²) in [6.45, 7) is 6.04. The lowest BCUT2D eigenvalue weighted by Gasteiger charge is -2.29. The van der Waals surface area contributed by atoms with Crippen LogP contribution >= 0.6 is 0 Å². The van der Waals surface area contributed by atoms with Crippen molar-refractivity contribution in [1.82, 2.24) is 4.90 Å². The van der Waals surface area contributed by atoms with Gasteiger partial charge in [0.2, 0.25) is 11.8 Å². The van der Waals surface area contributed by atoms with Crippen LogP contribution in [0, 0.1) is 20.8 Å². The lowest BCUT2D eigenvalue weighted by molar-refractivity contribution is -0.133. The summed E-state index contributed by atoms with van der Waals surface area (Å²) in [4.78, 5) is 40.2. The third-order valence-corrected chi connectivity index (χ3v) is 5.11. The van der Waals surface area contributed by atoms with Gasteiger partial charge in [-0.25, -0.2) is 0 Å². The van der Waals surface area contributed by atoms with Crippen molar-refractivity contribution in [2.24, 2.45) is 0 Å². The maximum absolute atomic E-state index is 12.5. The Morgan fingerprint density at radius 3 is 2.50 bits per heavy atom. The van der Waals surface area contributed by atoms with E-state index in [-0.39, 0.29) is 43.8 Å². The third kappa shape index (κ3) is 4.79. The quantitative estimate of drug-likeness (QED) is 0.796. The molecule has 3 rings (SSSR count). The Bertz CT molecular complexity index is 963. The first-order chi connectivity index (χ1) is 14.3. The first-order valence-electron chi connectivity index (χ1n) is 9.90. The van der Waals surface area contributed by atoms with Crippen molar-refractivity contribution < 1.29 is 19.1 Å². The van der Waals surface area contributed by atoms with Crippen LogP contribution in [0.5, 0.6) is 5.75 Å². The lowest BCUT2D eigenvalue weighted by Crippen LogP contribution is -2.42. The predicted molar refractivity (Wildman–Crippen MR) is 116 cm³/mol. The van der Waals surface area contributed by atoms with Crippen molar-refractivity contribution in [3.63, 3.8) is 0 Å². The number of amides is 3. The van der Waals surface area contributed by atoms with Gasteiger partial charge in [0, 0.05) is 25.7 Å². The van der Waals surface area contributed by atoms with Gasteiger partial charge in [0.1, 0.15) is 5.75 Å². The molecule has 0 aliphatic carbocycles. The molecule has 1 aliphatic heterocycles. The highest BCUT2D eigenvalue weighted by Gasteiger charge is 2.26. The van der Waals surface area contributed by atoms with Crippen molar-refractivity contribution in [3.05, 3.63) is 53.1 Å². The Labute approximate surface area is 176 Å². The molecule has 1 aliphatic rings. The fourth-order valence-electron chi connectivity index (χ4n) is 3.66. The Balaban J connectivity index is 1.56. The first kappa shape index (κ1) is 21.4. The van der Waals surface area contributed by atoms with E-state index in [0.717, 1.165) is 22.4 Å². The van der Waals surface area contributed by atoms with Crippen LogP contribution in [0.15, 0.2) is 36.4 Å². The average Bonchev–Trinajstić information content (AvgIpc) is 2.69. The fourth-order valence-corrected chi connectivity index (χ4v) is 3.66. The maximum Gasteiger partial charge on any atom is 0.265 e. The Morgan fingerprint density at radius 1 is 1.13 bits per heavy atom. The van der Waals surface area contributed by atoms with Gasteiger partial charge in [0.25, 0.3) is 5.91 Å². The highest BCUT2D eigenvalue weighted by atomic mass is 16.5. The predicted octanol–water partition coefficient (Wildman–Crippen LogP) is 2.82. The molecule has 0 bridgehead atoms. The molecular formula is C23H27N3O4. The van der Waals surface area contributed by atoms with E-state index in [1.54, 1.807) is 24.1 Å². The molecule has 0 atom stereocenters. The molecule has 0 radical (unpaired) electrons. The second-order valence-electron chi connectivity index (χ2n) is 7.62. The van der Waals surface area contributed by atoms with Crippen molar-refractivity contribution >= 4 is 29.1 Å². The van der Waals surface area contributed by atoms with Gasteiger partial charge in [0.15, 0.2) is 6.61 Å². The number of carbonyl (C=O) groups is 3. The number of aryl methyl sites for hydroxylation is 3. The van der Waals surface area contributed by atoms with E-state index in [2.05, 4.69) is 5.32 Å². The molecule has 30 heavy (non-hydrogen) atoms. The number of carbonyl (C=O) groups excluding carboxylic acids is 3. The molecule has 0 fully saturated rings. The van der Waals surface area contributed by atoms with Gasteiger partial charge in [-0.3, -0.25) is 14.4 Å². The second-order valence-corrected chi connectivity index (χ2v) is 7.62. The first-order valence-corrected chi connectivity index (χ1v) is 9.90. The summed E-state index contributed by atoms with van der Waals surface area (Å²) in [5.74, 6) is -0.0266. The van der Waals surface area contributed by atoms with Crippen LogP contribution in [-0.2, 0) is 14.4 Å². The van der Waals surface area contributed by atoms with Gasteiger partial charge >= 0.3 is 0 Å². The highest BCUT2D eigenvalue weighted by Crippen LogP contribution is 2.31. The van der Waals surface area contributed by atoms with E-state index in [1.165, 1.54) is 4.90 Å². The summed E-state index contributed by atoms with van der Waals surface area (Å²) in [5.41, 5.74) is 4.54. The number of anilines is 2. The summed E-state index contributed by atoms with van der Waals surface area (Å²) < 4.78 is 5.42. The van der Waals surface area contributed by atoms with Gasteiger partial charge < -0.3 is 19.9 Å². The second kappa shape index (κ2) is 8.98. The highest BCUT2D eigenvalue weighted by molar-refractivity contribution is 5.99. The molecule has 2 aromatic rings. The van der Waals surface area contributed by atoms with Gasteiger partial charge in [-0.2, -0.15) is 0 Å². The standard InChI is InChI=1S/C23H27N3O4/c1-15-11-16(2)23(17(3)12-15)24-20(27)13-25(4)21(28)9-10-26-18-7-5-6-8-19(18)30-14-22(26)29/h5-8,11-12H,9-10,13-14H2,1-4H3,(H,24,27). The number of ether oxygens (including phenoxy) is 1. The summed E-state index contributed by atoms with van der Waals surface area (Å²) in [5, 5.41) is 2.90. The smallest absolute Gasteiger partial charge is 0.265 e. The zero-order valence-electron chi connectivity index (χ0n) is 17.8. The lowest BCUT2D eigenvalue weighted by atomic mass is 10.1. The molecular weight excluding hydrogens is 382 g/mol. The van der Waals surface area contributed by atoms with Crippen molar-refractivity contribution in [2.75, 3.05) is 37.0 Å². The van der Waals surface area contributed by atoms with E-state index in [0.29, 0.717) is 11.4 Å². The van der Waals surface area contributed by atoms with Crippen molar-refractivity contribution in [3.8, 4) is 5.75 Å². The number of para-hydroxylation sites is 2. The molecule has 0 spiro atoms. The monoisotopic (exact) mass is 409 g/mol. The molecule has 3 amide bonds. The maximum atomic E-state index is 12.5. The molecule has 1 heterocycles. The number of nitrogens with one attached hydrogen (secondary N) is 1. The number of nitrogens with zero attached hydrogens (tertiary/aromatic N) is 2. The van der Waals surface area contributed by atoms with E-state index in [1.807, 2.05) is 45.0 Å². The van der Waals surface area contributed by atoms with Crippen LogP contribution in [0.3, 0.4) is 0 Å². The fraction of sp³-hybridized carbons (Fsp3) is 0.348. The zero-order valence-corrected chi connectivity index (χ0v) is 17.8. The Morgan fingerprint density at radius 2 is 1.80 bits per heavy atom. The molecule has 0 saturated carbocycles. The number of fused-ring (bicyclic) bond motifs is 1. The van der Waals surface area contributed by atoms with Gasteiger partial charge in [-0.1, -0.05) is 29.8 Å². The number of rotatable bonds is 6. The zero-order chi connectivity index (χ0) is 21.8. The summed E-state index contributed by atoms with van der Waals surface area (Å²) in [6.07, 6.45) is 0.118. The number of hydrogen-bond acceptors (Lipinski definition) is 4. The minimum atomic E-state index is -0.256. The molecule has 2 aromatic carbocycles. The SMILES string of the molecule is Cc1cc(C)c(NC(=O)CN(C)C(=O)CCN2C(=O)COc3ccccc32)c(C)c1. The Kier molecular flexibility index (Phi) is 6.40. The van der Waals surface area contributed by atoms with Crippen molar-refractivity contribution in [1.29, 1.82) is 0 Å². The van der Waals surface area contributed by atoms with Crippen LogP contribution in [0.2, 0.25) is 0 Å². The van der Waals surface area contributed by atoms with Gasteiger partial charge in [0.05, 0.1) is 12.2 Å². The van der Waals surface area contributed by atoms with Gasteiger partial charge in [-0.15, -0.1) is 0 Å². The molecule has 7 nitrogen and oxygen atoms in total. The van der Waals surface area contributed by atoms with E-state index in [9.17, 15) is 14.4 Å². The molecule has 0 saturated heterocycles. The van der Waals surface area contributed by atoms with Crippen LogP contribution in [0.4, 0.5) is 11.4 Å². The molecule has 1 N–H and O–H groups in total. The molecule has 0 unspecified atom stereocenters. The number of likely N-dealkylation sites (N-methyl/N-ethyl adjacent to an activating group) is 1. The minimum Gasteiger partial charge on any atom is -0.482 e. The van der Waals surface area contributed by atoms with E-state index in [4.69, 9.17) is 4.74 Å². The van der Waals surface area contributed by atoms with E-state index >= 15 is 0 Å². The summed E-state index contributed by atoms with van der Waals surface area (Å²) in [6, 6.07) is 11.3. The van der Waals surface area contributed by atoms with Crippen LogP contribution in [0.25, 0.3) is 0 Å². The van der Waals surface area contributed by atoms with Crippen molar-refractivity contribution in [2.45, 2.75) is 27.2 Å². The average molecular weight is 409 g/mol. The molecule has 7 heteroatoms. The minimum absolute atomic E-state index is 0.0430. The topological polar surface area (TPSA) is 79.0 Å². The van der Waals surface area contributed by atoms with E-state index < -0.39 is 0 Å². The van der Waals surface area contributed by atoms with Gasteiger partial charge in [-0.05, 0) is 44.0 Å². The third-order valence-electron chi connectivity index (χ3n) is 5.11. The van der Waals surface area contributed by atoms with Crippen LogP contribution in [-0.4, -0.2) is 49.4 Å². The Hall–Kier alpha value is -3.35. The molecule has 0 aromatic heterocycles. The number of benzene rings is 2.